The smallest absolute Gasteiger partial charge is 0.251 e. The Bertz CT molecular complexity index is 1270. The molecule has 1 atom stereocenters. The Labute approximate surface area is 197 Å². The highest BCUT2D eigenvalue weighted by Crippen LogP contribution is 2.31. The fourth-order valence-corrected chi connectivity index (χ4v) is 3.89. The minimum atomic E-state index is -0.315. The minimum absolute atomic E-state index is 0.246. The molecule has 1 amide bonds. The number of carbonyl (C=O) groups is 1. The molecule has 1 unspecified atom stereocenters. The molecule has 0 bridgehead atoms. The van der Waals surface area contributed by atoms with Crippen molar-refractivity contribution in [3.05, 3.63) is 82.7 Å². The van der Waals surface area contributed by atoms with Crippen LogP contribution in [-0.4, -0.2) is 36.1 Å². The van der Waals surface area contributed by atoms with E-state index < -0.39 is 0 Å². The van der Waals surface area contributed by atoms with Gasteiger partial charge in [-0.15, -0.1) is 5.10 Å². The molecule has 8 nitrogen and oxygen atoms in total. The minimum Gasteiger partial charge on any atom is -0.344 e. The quantitative estimate of drug-likeness (QED) is 0.434. The lowest BCUT2D eigenvalue weighted by atomic mass is 10.00. The average molecular weight is 462 g/mol. The lowest BCUT2D eigenvalue weighted by Gasteiger charge is -2.15. The number of amides is 1. The van der Waals surface area contributed by atoms with Crippen LogP contribution in [0.4, 0.5) is 0 Å². The van der Waals surface area contributed by atoms with Crippen molar-refractivity contribution in [1.82, 2.24) is 35.5 Å². The second-order valence-electron chi connectivity index (χ2n) is 7.83. The largest absolute Gasteiger partial charge is 0.344 e. The summed E-state index contributed by atoms with van der Waals surface area (Å²) >= 11 is 6.56. The molecule has 33 heavy (non-hydrogen) atoms. The van der Waals surface area contributed by atoms with Gasteiger partial charge in [-0.25, -0.2) is 0 Å². The lowest BCUT2D eigenvalue weighted by molar-refractivity contribution is 0.0939. The number of hydrogen-bond acceptors (Lipinski definition) is 6. The average Bonchev–Trinajstić information content (AvgIpc) is 3.28. The molecule has 0 fully saturated rings. The number of benzene rings is 2. The van der Waals surface area contributed by atoms with Crippen LogP contribution < -0.4 is 5.32 Å². The van der Waals surface area contributed by atoms with Crippen molar-refractivity contribution in [2.75, 3.05) is 0 Å². The lowest BCUT2D eigenvalue weighted by Crippen LogP contribution is -2.27. The molecular formula is C24H24ClN7O. The second-order valence-corrected chi connectivity index (χ2v) is 8.24. The van der Waals surface area contributed by atoms with E-state index in [1.165, 1.54) is 0 Å². The monoisotopic (exact) mass is 461 g/mol. The first-order chi connectivity index (χ1) is 16.0. The summed E-state index contributed by atoms with van der Waals surface area (Å²) in [7, 11) is 0. The molecule has 0 aliphatic rings. The predicted octanol–water partition coefficient (Wildman–Crippen LogP) is 4.52. The summed E-state index contributed by atoms with van der Waals surface area (Å²) in [6.45, 7) is 5.91. The molecule has 0 saturated carbocycles. The summed E-state index contributed by atoms with van der Waals surface area (Å²) in [5, 5.41) is 15.7. The Morgan fingerprint density at radius 1 is 1.18 bits per heavy atom. The summed E-state index contributed by atoms with van der Waals surface area (Å²) in [6.07, 6.45) is 6.44. The third kappa shape index (κ3) is 5.06. The SMILES string of the molecule is CCCc1nnnn1-c1cc(C(=O)NC(C)c2cnccn2)cc(-c2ccc(C)cc2Cl)c1. The van der Waals surface area contributed by atoms with E-state index in [-0.39, 0.29) is 11.9 Å². The molecule has 0 aliphatic carbocycles. The van der Waals surface area contributed by atoms with Crippen molar-refractivity contribution in [3.63, 3.8) is 0 Å². The number of aryl methyl sites for hydroxylation is 2. The van der Waals surface area contributed by atoms with Gasteiger partial charge >= 0.3 is 0 Å². The van der Waals surface area contributed by atoms with Gasteiger partial charge in [0.15, 0.2) is 5.82 Å². The van der Waals surface area contributed by atoms with Crippen molar-refractivity contribution < 1.29 is 4.79 Å². The zero-order chi connectivity index (χ0) is 23.4. The maximum Gasteiger partial charge on any atom is 0.251 e. The topological polar surface area (TPSA) is 98.5 Å². The summed E-state index contributed by atoms with van der Waals surface area (Å²) in [6, 6.07) is 11.1. The van der Waals surface area contributed by atoms with Crippen LogP contribution in [0.25, 0.3) is 16.8 Å². The van der Waals surface area contributed by atoms with E-state index in [9.17, 15) is 4.79 Å². The first-order valence-corrected chi connectivity index (χ1v) is 11.1. The third-order valence-corrected chi connectivity index (χ3v) is 5.55. The highest BCUT2D eigenvalue weighted by atomic mass is 35.5. The van der Waals surface area contributed by atoms with Crippen LogP contribution in [0.3, 0.4) is 0 Å². The van der Waals surface area contributed by atoms with E-state index >= 15 is 0 Å². The summed E-state index contributed by atoms with van der Waals surface area (Å²) in [4.78, 5) is 21.6. The molecule has 9 heteroatoms. The van der Waals surface area contributed by atoms with Crippen LogP contribution in [0.15, 0.2) is 55.0 Å². The highest BCUT2D eigenvalue weighted by molar-refractivity contribution is 6.33. The van der Waals surface area contributed by atoms with Crippen LogP contribution in [0, 0.1) is 6.92 Å². The van der Waals surface area contributed by atoms with E-state index in [2.05, 4.69) is 37.7 Å². The van der Waals surface area contributed by atoms with Crippen LogP contribution in [0.2, 0.25) is 5.02 Å². The summed E-state index contributed by atoms with van der Waals surface area (Å²) in [5.74, 6) is 0.480. The van der Waals surface area contributed by atoms with E-state index in [0.29, 0.717) is 28.4 Å². The number of carbonyl (C=O) groups excluding carboxylic acids is 1. The Kier molecular flexibility index (Phi) is 6.74. The zero-order valence-electron chi connectivity index (χ0n) is 18.7. The number of tetrazole rings is 1. The van der Waals surface area contributed by atoms with E-state index in [1.54, 1.807) is 29.3 Å². The Balaban J connectivity index is 1.77. The van der Waals surface area contributed by atoms with Crippen LogP contribution in [0.5, 0.6) is 0 Å². The third-order valence-electron chi connectivity index (χ3n) is 5.24. The maximum absolute atomic E-state index is 13.2. The summed E-state index contributed by atoms with van der Waals surface area (Å²) in [5.41, 5.74) is 4.51. The fraction of sp³-hybridized carbons (Fsp3) is 0.250. The number of nitrogens with zero attached hydrogens (tertiary/aromatic N) is 6. The molecule has 2 aromatic heterocycles. The van der Waals surface area contributed by atoms with Crippen molar-refractivity contribution in [2.24, 2.45) is 0 Å². The molecule has 0 saturated heterocycles. The molecule has 1 N–H and O–H groups in total. The molecule has 0 spiro atoms. The van der Waals surface area contributed by atoms with Gasteiger partial charge in [-0.2, -0.15) is 4.68 Å². The van der Waals surface area contributed by atoms with Gasteiger partial charge in [0.05, 0.1) is 23.6 Å². The number of aromatic nitrogens is 6. The van der Waals surface area contributed by atoms with Gasteiger partial charge in [0.25, 0.3) is 5.91 Å². The van der Waals surface area contributed by atoms with Crippen LogP contribution >= 0.6 is 11.6 Å². The van der Waals surface area contributed by atoms with Crippen molar-refractivity contribution >= 4 is 17.5 Å². The van der Waals surface area contributed by atoms with Gasteiger partial charge in [-0.05, 0) is 66.1 Å². The highest BCUT2D eigenvalue weighted by Gasteiger charge is 2.18. The first-order valence-electron chi connectivity index (χ1n) is 10.7. The van der Waals surface area contributed by atoms with Gasteiger partial charge in [-0.1, -0.05) is 30.7 Å². The van der Waals surface area contributed by atoms with E-state index in [0.717, 1.165) is 28.9 Å². The molecule has 0 aliphatic heterocycles. The van der Waals surface area contributed by atoms with Crippen molar-refractivity contribution in [2.45, 2.75) is 39.7 Å². The van der Waals surface area contributed by atoms with Gasteiger partial charge in [-0.3, -0.25) is 14.8 Å². The molecular weight excluding hydrogens is 438 g/mol. The van der Waals surface area contributed by atoms with Crippen molar-refractivity contribution in [3.8, 4) is 16.8 Å². The summed E-state index contributed by atoms with van der Waals surface area (Å²) < 4.78 is 1.66. The van der Waals surface area contributed by atoms with Gasteiger partial charge in [0.2, 0.25) is 0 Å². The van der Waals surface area contributed by atoms with Gasteiger partial charge in [0, 0.05) is 35.0 Å². The Morgan fingerprint density at radius 3 is 2.76 bits per heavy atom. The molecule has 2 heterocycles. The zero-order valence-corrected chi connectivity index (χ0v) is 19.4. The molecule has 0 radical (unpaired) electrons. The normalized spacial score (nSPS) is 11.9. The molecule has 2 aromatic carbocycles. The van der Waals surface area contributed by atoms with Crippen LogP contribution in [0.1, 0.15) is 53.7 Å². The molecule has 4 aromatic rings. The van der Waals surface area contributed by atoms with Gasteiger partial charge in [0.1, 0.15) is 0 Å². The number of hydrogen-bond donors (Lipinski definition) is 1. The number of rotatable bonds is 7. The van der Waals surface area contributed by atoms with Crippen molar-refractivity contribution in [1.29, 1.82) is 0 Å². The van der Waals surface area contributed by atoms with Gasteiger partial charge < -0.3 is 5.32 Å². The second kappa shape index (κ2) is 9.87. The molecule has 168 valence electrons. The first kappa shape index (κ1) is 22.5. The predicted molar refractivity (Wildman–Crippen MR) is 126 cm³/mol. The maximum atomic E-state index is 13.2. The molecule has 4 rings (SSSR count). The van der Waals surface area contributed by atoms with E-state index in [4.69, 9.17) is 11.6 Å². The van der Waals surface area contributed by atoms with Crippen LogP contribution in [-0.2, 0) is 6.42 Å². The fourth-order valence-electron chi connectivity index (χ4n) is 3.55. The van der Waals surface area contributed by atoms with E-state index in [1.807, 2.05) is 44.2 Å². The Hall–Kier alpha value is -3.65. The Morgan fingerprint density at radius 2 is 2.03 bits per heavy atom. The number of nitrogens with one attached hydrogen (secondary N) is 1. The standard InChI is InChI=1S/C24H24ClN7O/c1-4-5-23-29-30-31-32(23)19-12-17(20-7-6-15(2)10-21(20)25)11-18(13-19)24(33)28-16(3)22-14-26-8-9-27-22/h6-14,16H,4-5H2,1-3H3,(H,28,33). The number of halogens is 1.